The molecule has 0 unspecified atom stereocenters. The summed E-state index contributed by atoms with van der Waals surface area (Å²) >= 11 is 3.48. The summed E-state index contributed by atoms with van der Waals surface area (Å²) in [7, 11) is 1.98. The molecule has 12 heavy (non-hydrogen) atoms. The maximum atomic E-state index is 3.48. The molecule has 0 spiro atoms. The summed E-state index contributed by atoms with van der Waals surface area (Å²) < 4.78 is 1.13. The van der Waals surface area contributed by atoms with Gasteiger partial charge in [-0.3, -0.25) is 5.01 Å². The highest BCUT2D eigenvalue weighted by molar-refractivity contribution is 9.10. The Labute approximate surface area is 79.8 Å². The third kappa shape index (κ3) is 0.990. The monoisotopic (exact) mass is 227 g/mol. The van der Waals surface area contributed by atoms with Crippen LogP contribution in [0, 0.1) is 6.92 Å². The van der Waals surface area contributed by atoms with E-state index in [1.54, 1.807) is 0 Å². The fraction of sp³-hybridized carbons (Fsp3) is 0.250. The van der Waals surface area contributed by atoms with Gasteiger partial charge in [-0.2, -0.15) is 0 Å². The van der Waals surface area contributed by atoms with Crippen LogP contribution in [0.15, 0.2) is 16.6 Å². The average Bonchev–Trinajstić information content (AvgIpc) is 2.41. The fourth-order valence-electron chi connectivity index (χ4n) is 1.31. The Balaban J connectivity index is 2.60. The zero-order valence-electron chi connectivity index (χ0n) is 6.98. The van der Waals surface area contributed by atoms with Crippen molar-refractivity contribution in [2.45, 2.75) is 6.92 Å². The molecule has 0 fully saturated rings. The van der Waals surface area contributed by atoms with E-state index in [1.807, 2.05) is 12.1 Å². The average molecular weight is 228 g/mol. The van der Waals surface area contributed by atoms with E-state index in [9.17, 15) is 0 Å². The molecule has 2 rings (SSSR count). The van der Waals surface area contributed by atoms with Gasteiger partial charge in [0.1, 0.15) is 0 Å². The number of hydrogen-bond donors (Lipinski definition) is 2. The Morgan fingerprint density at radius 1 is 1.42 bits per heavy atom. The fourth-order valence-corrected chi connectivity index (χ4v) is 1.64. The molecule has 3 nitrogen and oxygen atoms in total. The van der Waals surface area contributed by atoms with Crippen LogP contribution in [-0.4, -0.2) is 7.05 Å². The quantitative estimate of drug-likeness (QED) is 0.711. The molecule has 1 heterocycles. The second-order valence-electron chi connectivity index (χ2n) is 2.86. The molecule has 0 amide bonds. The number of fused-ring (bicyclic) bond motifs is 1. The van der Waals surface area contributed by atoms with E-state index < -0.39 is 0 Å². The molecule has 2 N–H and O–H groups in total. The summed E-state index contributed by atoms with van der Waals surface area (Å²) in [6.45, 7) is 2.08. The molecule has 1 aliphatic rings. The first-order valence-electron chi connectivity index (χ1n) is 3.74. The van der Waals surface area contributed by atoms with Crippen molar-refractivity contribution >= 4 is 27.3 Å². The lowest BCUT2D eigenvalue weighted by Crippen LogP contribution is -2.31. The SMILES string of the molecule is Cc1c(Br)ccc2c1NNN2C. The molecule has 64 valence electrons. The number of hydrazine groups is 2. The van der Waals surface area contributed by atoms with E-state index in [2.05, 4.69) is 45.9 Å². The van der Waals surface area contributed by atoms with Crippen LogP contribution in [-0.2, 0) is 0 Å². The zero-order chi connectivity index (χ0) is 8.72. The second-order valence-corrected chi connectivity index (χ2v) is 3.72. The van der Waals surface area contributed by atoms with Crippen LogP contribution in [0.4, 0.5) is 11.4 Å². The van der Waals surface area contributed by atoms with Crippen molar-refractivity contribution in [1.29, 1.82) is 0 Å². The van der Waals surface area contributed by atoms with Crippen molar-refractivity contribution in [1.82, 2.24) is 5.53 Å². The molecular formula is C8H10BrN3. The van der Waals surface area contributed by atoms with E-state index in [0.717, 1.165) is 10.2 Å². The van der Waals surface area contributed by atoms with Gasteiger partial charge in [0.25, 0.3) is 0 Å². The molecule has 0 radical (unpaired) electrons. The Kier molecular flexibility index (Phi) is 1.73. The first-order valence-corrected chi connectivity index (χ1v) is 4.54. The van der Waals surface area contributed by atoms with Gasteiger partial charge < -0.3 is 5.43 Å². The topological polar surface area (TPSA) is 27.3 Å². The summed E-state index contributed by atoms with van der Waals surface area (Å²) in [4.78, 5) is 0. The second kappa shape index (κ2) is 2.64. The number of halogens is 1. The minimum absolute atomic E-state index is 1.13. The largest absolute Gasteiger partial charge is 0.301 e. The number of benzene rings is 1. The molecular weight excluding hydrogens is 218 g/mol. The number of hydrogen-bond acceptors (Lipinski definition) is 3. The Bertz CT molecular complexity index is 324. The van der Waals surface area contributed by atoms with Gasteiger partial charge in [0.2, 0.25) is 0 Å². The molecule has 0 bridgehead atoms. The summed E-state index contributed by atoms with van der Waals surface area (Å²) in [6, 6.07) is 4.12. The molecule has 0 aliphatic carbocycles. The Hall–Kier alpha value is -0.740. The number of nitrogens with zero attached hydrogens (tertiary/aromatic N) is 1. The van der Waals surface area contributed by atoms with Crippen LogP contribution in [0.25, 0.3) is 0 Å². The summed E-state index contributed by atoms with van der Waals surface area (Å²) in [5.74, 6) is 0. The van der Waals surface area contributed by atoms with Crippen molar-refractivity contribution in [3.63, 3.8) is 0 Å². The zero-order valence-corrected chi connectivity index (χ0v) is 8.57. The number of rotatable bonds is 0. The van der Waals surface area contributed by atoms with Gasteiger partial charge in [-0.15, -0.1) is 5.53 Å². The normalized spacial score (nSPS) is 14.4. The lowest BCUT2D eigenvalue weighted by molar-refractivity contribution is 0.820. The Morgan fingerprint density at radius 3 is 2.92 bits per heavy atom. The van der Waals surface area contributed by atoms with Crippen LogP contribution >= 0.6 is 15.9 Å². The Morgan fingerprint density at radius 2 is 2.17 bits per heavy atom. The van der Waals surface area contributed by atoms with Crippen LogP contribution < -0.4 is 16.0 Å². The van der Waals surface area contributed by atoms with Crippen molar-refractivity contribution in [3.05, 3.63) is 22.2 Å². The molecule has 1 aromatic rings. The maximum absolute atomic E-state index is 3.48. The van der Waals surface area contributed by atoms with Gasteiger partial charge in [-0.1, -0.05) is 15.9 Å². The number of nitrogens with one attached hydrogen (secondary N) is 2. The van der Waals surface area contributed by atoms with Crippen LogP contribution in [0.5, 0.6) is 0 Å². The van der Waals surface area contributed by atoms with Crippen LogP contribution in [0.1, 0.15) is 5.56 Å². The highest BCUT2D eigenvalue weighted by atomic mass is 79.9. The minimum atomic E-state index is 1.13. The lowest BCUT2D eigenvalue weighted by atomic mass is 10.2. The van der Waals surface area contributed by atoms with Crippen molar-refractivity contribution in [2.75, 3.05) is 17.5 Å². The summed E-state index contributed by atoms with van der Waals surface area (Å²) in [6.07, 6.45) is 0. The maximum Gasteiger partial charge on any atom is 0.0793 e. The summed E-state index contributed by atoms with van der Waals surface area (Å²) in [5, 5.41) is 1.95. The minimum Gasteiger partial charge on any atom is -0.301 e. The van der Waals surface area contributed by atoms with E-state index >= 15 is 0 Å². The van der Waals surface area contributed by atoms with Gasteiger partial charge >= 0.3 is 0 Å². The van der Waals surface area contributed by atoms with Crippen molar-refractivity contribution < 1.29 is 0 Å². The van der Waals surface area contributed by atoms with E-state index in [1.165, 1.54) is 11.3 Å². The molecule has 1 aromatic carbocycles. The highest BCUT2D eigenvalue weighted by Crippen LogP contribution is 2.35. The first kappa shape index (κ1) is 7.89. The third-order valence-electron chi connectivity index (χ3n) is 2.09. The van der Waals surface area contributed by atoms with E-state index in [0.29, 0.717) is 0 Å². The number of anilines is 2. The van der Waals surface area contributed by atoms with Crippen molar-refractivity contribution in [3.8, 4) is 0 Å². The lowest BCUT2D eigenvalue weighted by Gasteiger charge is -2.09. The molecule has 0 aromatic heterocycles. The summed E-state index contributed by atoms with van der Waals surface area (Å²) in [5.41, 5.74) is 9.67. The predicted molar refractivity (Wildman–Crippen MR) is 54.0 cm³/mol. The highest BCUT2D eigenvalue weighted by Gasteiger charge is 2.17. The van der Waals surface area contributed by atoms with Gasteiger partial charge in [-0.05, 0) is 24.6 Å². The van der Waals surface area contributed by atoms with Gasteiger partial charge in [0, 0.05) is 11.5 Å². The van der Waals surface area contributed by atoms with Gasteiger partial charge in [-0.25, -0.2) is 0 Å². The molecule has 0 saturated carbocycles. The van der Waals surface area contributed by atoms with Crippen molar-refractivity contribution in [2.24, 2.45) is 0 Å². The first-order chi connectivity index (χ1) is 5.70. The molecule has 4 heteroatoms. The molecule has 1 aliphatic heterocycles. The molecule has 0 saturated heterocycles. The third-order valence-corrected chi connectivity index (χ3v) is 2.95. The van der Waals surface area contributed by atoms with Gasteiger partial charge in [0.05, 0.1) is 11.4 Å². The molecule has 0 atom stereocenters. The van der Waals surface area contributed by atoms with Crippen LogP contribution in [0.2, 0.25) is 0 Å². The van der Waals surface area contributed by atoms with E-state index in [-0.39, 0.29) is 0 Å². The van der Waals surface area contributed by atoms with Crippen LogP contribution in [0.3, 0.4) is 0 Å². The smallest absolute Gasteiger partial charge is 0.0793 e. The standard InChI is InChI=1S/C8H10BrN3/c1-5-6(9)3-4-7-8(5)10-11-12(7)2/h3-4,10-11H,1-2H3. The van der Waals surface area contributed by atoms with Gasteiger partial charge in [0.15, 0.2) is 0 Å². The van der Waals surface area contributed by atoms with E-state index in [4.69, 9.17) is 0 Å². The predicted octanol–water partition coefficient (Wildman–Crippen LogP) is 2.04.